The van der Waals surface area contributed by atoms with Crippen LogP contribution < -0.4 is 12.4 Å². The molecule has 2 heterocycles. The average Bonchev–Trinajstić information content (AvgIpc) is 2.91. The van der Waals surface area contributed by atoms with Crippen LogP contribution in [0.4, 0.5) is 0 Å². The van der Waals surface area contributed by atoms with Crippen molar-refractivity contribution in [2.45, 2.75) is 25.0 Å². The van der Waals surface area contributed by atoms with Crippen LogP contribution in [-0.2, 0) is 19.9 Å². The number of morpholine rings is 1. The molecule has 1 aromatic carbocycles. The minimum Gasteiger partial charge on any atom is -1.00 e. The van der Waals surface area contributed by atoms with Crippen LogP contribution in [-0.4, -0.2) is 61.1 Å². The maximum absolute atomic E-state index is 12.4. The first-order valence-corrected chi connectivity index (χ1v) is 7.94. The number of carbonyl (C=O) groups is 1. The Morgan fingerprint density at radius 2 is 1.91 bits per heavy atom. The number of rotatable bonds is 3. The molecule has 0 bridgehead atoms. The van der Waals surface area contributed by atoms with Crippen LogP contribution in [0.25, 0.3) is 0 Å². The van der Waals surface area contributed by atoms with Crippen LogP contribution >= 0.6 is 0 Å². The van der Waals surface area contributed by atoms with Gasteiger partial charge in [0.15, 0.2) is 11.7 Å². The summed E-state index contributed by atoms with van der Waals surface area (Å²) in [5.74, 6) is -0.558. The number of hydrogen-bond donors (Lipinski definition) is 1. The highest BCUT2D eigenvalue weighted by atomic mass is 35.5. The summed E-state index contributed by atoms with van der Waals surface area (Å²) in [6.07, 6.45) is 0.747. The second-order valence-corrected chi connectivity index (χ2v) is 6.56. The number of benzene rings is 1. The van der Waals surface area contributed by atoms with E-state index in [0.29, 0.717) is 5.56 Å². The summed E-state index contributed by atoms with van der Waals surface area (Å²) in [6.45, 7) is 6.89. The van der Waals surface area contributed by atoms with Crippen LogP contribution in [0.1, 0.15) is 18.9 Å². The van der Waals surface area contributed by atoms with Gasteiger partial charge in [0.25, 0.3) is 0 Å². The minimum absolute atomic E-state index is 0. The van der Waals surface area contributed by atoms with Crippen molar-refractivity contribution in [3.8, 4) is 0 Å². The van der Waals surface area contributed by atoms with Crippen LogP contribution in [0.3, 0.4) is 0 Å². The predicted molar refractivity (Wildman–Crippen MR) is 81.1 cm³/mol. The molecule has 23 heavy (non-hydrogen) atoms. The smallest absolute Gasteiger partial charge is 0.343 e. The highest BCUT2D eigenvalue weighted by Gasteiger charge is 2.43. The Kier molecular flexibility index (Phi) is 5.68. The number of halogens is 1. The second kappa shape index (κ2) is 7.18. The van der Waals surface area contributed by atoms with Crippen LogP contribution in [0.15, 0.2) is 30.3 Å². The molecule has 1 spiro atoms. The molecule has 5 nitrogen and oxygen atoms in total. The molecule has 2 saturated heterocycles. The number of nitrogens with zero attached hydrogens (tertiary/aromatic N) is 1. The Bertz CT molecular complexity index is 529. The molecule has 0 aromatic heterocycles. The quantitative estimate of drug-likeness (QED) is 0.513. The van der Waals surface area contributed by atoms with E-state index in [1.54, 1.807) is 24.3 Å². The fourth-order valence-corrected chi connectivity index (χ4v) is 3.41. The summed E-state index contributed by atoms with van der Waals surface area (Å²) in [5, 5.41) is 10.5. The van der Waals surface area contributed by atoms with Gasteiger partial charge in [-0.15, -0.1) is 0 Å². The Labute approximate surface area is 143 Å². The van der Waals surface area contributed by atoms with Gasteiger partial charge >= 0.3 is 5.97 Å². The van der Waals surface area contributed by atoms with Gasteiger partial charge in [0.1, 0.15) is 19.6 Å². The van der Waals surface area contributed by atoms with E-state index in [4.69, 9.17) is 9.47 Å². The predicted octanol–water partition coefficient (Wildman–Crippen LogP) is -1.94. The number of carbonyl (C=O) groups excluding carboxylic acids is 1. The zero-order valence-electron chi connectivity index (χ0n) is 13.4. The van der Waals surface area contributed by atoms with Gasteiger partial charge in [0.2, 0.25) is 0 Å². The zero-order chi connectivity index (χ0) is 15.6. The van der Waals surface area contributed by atoms with Gasteiger partial charge in [-0.1, -0.05) is 30.3 Å². The molecule has 128 valence electrons. The van der Waals surface area contributed by atoms with E-state index in [0.717, 1.165) is 50.3 Å². The third-order valence-corrected chi connectivity index (χ3v) is 4.94. The van der Waals surface area contributed by atoms with Crippen LogP contribution in [0.2, 0.25) is 0 Å². The zero-order valence-corrected chi connectivity index (χ0v) is 14.2. The van der Waals surface area contributed by atoms with Crippen LogP contribution in [0.5, 0.6) is 0 Å². The molecule has 2 atom stereocenters. The fraction of sp³-hybridized carbons (Fsp3) is 0.588. The number of aliphatic hydroxyl groups is 1. The van der Waals surface area contributed by atoms with Gasteiger partial charge in [-0.25, -0.2) is 4.79 Å². The highest BCUT2D eigenvalue weighted by molar-refractivity contribution is 5.80. The third kappa shape index (κ3) is 3.86. The maximum Gasteiger partial charge on any atom is 0.343 e. The van der Waals surface area contributed by atoms with E-state index >= 15 is 0 Å². The molecular weight excluding hydrogens is 318 g/mol. The van der Waals surface area contributed by atoms with Gasteiger partial charge in [0, 0.05) is 6.42 Å². The van der Waals surface area contributed by atoms with E-state index < -0.39 is 11.6 Å². The molecule has 2 fully saturated rings. The van der Waals surface area contributed by atoms with Crippen molar-refractivity contribution in [2.24, 2.45) is 0 Å². The lowest BCUT2D eigenvalue weighted by atomic mass is 9.96. The second-order valence-electron chi connectivity index (χ2n) is 6.56. The molecule has 1 aromatic rings. The topological polar surface area (TPSA) is 55.8 Å². The third-order valence-electron chi connectivity index (χ3n) is 4.94. The Hall–Kier alpha value is -1.14. The van der Waals surface area contributed by atoms with Gasteiger partial charge < -0.3 is 31.5 Å². The van der Waals surface area contributed by atoms with E-state index in [1.807, 2.05) is 6.07 Å². The number of quaternary nitrogens is 1. The van der Waals surface area contributed by atoms with Crippen molar-refractivity contribution >= 4 is 5.97 Å². The van der Waals surface area contributed by atoms with Crippen molar-refractivity contribution in [1.29, 1.82) is 0 Å². The molecule has 2 aliphatic rings. The average molecular weight is 342 g/mol. The maximum atomic E-state index is 12.4. The van der Waals surface area contributed by atoms with Crippen molar-refractivity contribution < 1.29 is 36.3 Å². The van der Waals surface area contributed by atoms with E-state index in [1.165, 1.54) is 6.92 Å². The molecule has 0 aliphatic carbocycles. The molecule has 0 amide bonds. The summed E-state index contributed by atoms with van der Waals surface area (Å²) in [5.41, 5.74) is -1.03. The molecule has 2 aliphatic heterocycles. The number of hydrogen-bond acceptors (Lipinski definition) is 4. The van der Waals surface area contributed by atoms with Crippen molar-refractivity contribution in [3.63, 3.8) is 0 Å². The van der Waals surface area contributed by atoms with Gasteiger partial charge in [0.05, 0.1) is 19.8 Å². The van der Waals surface area contributed by atoms with Crippen LogP contribution in [0, 0.1) is 0 Å². The lowest BCUT2D eigenvalue weighted by Gasteiger charge is -2.37. The van der Waals surface area contributed by atoms with Gasteiger partial charge in [-0.05, 0) is 12.5 Å². The first-order valence-electron chi connectivity index (χ1n) is 7.94. The van der Waals surface area contributed by atoms with Gasteiger partial charge in [-0.2, -0.15) is 0 Å². The molecule has 0 radical (unpaired) electrons. The summed E-state index contributed by atoms with van der Waals surface area (Å²) < 4.78 is 12.0. The van der Waals surface area contributed by atoms with Gasteiger partial charge in [-0.3, -0.25) is 0 Å². The number of ether oxygens (including phenoxy) is 2. The Morgan fingerprint density at radius 3 is 2.57 bits per heavy atom. The normalized spacial score (nSPS) is 25.4. The first kappa shape index (κ1) is 18.2. The van der Waals surface area contributed by atoms with E-state index in [-0.39, 0.29) is 18.5 Å². The van der Waals surface area contributed by atoms with E-state index in [9.17, 15) is 9.90 Å². The summed E-state index contributed by atoms with van der Waals surface area (Å²) >= 11 is 0. The molecular formula is C17H24ClNO4. The fourth-order valence-electron chi connectivity index (χ4n) is 3.41. The lowest BCUT2D eigenvalue weighted by molar-refractivity contribution is -0.925. The first-order chi connectivity index (χ1) is 10.5. The Balaban J connectivity index is 0.00000192. The Morgan fingerprint density at radius 1 is 1.26 bits per heavy atom. The standard InChI is InChI=1S/C17H24NO4.ClH/c1-17(20,14-5-3-2-4-6-14)16(19)22-15-7-8-18(13-15)9-11-21-12-10-18;/h2-6,15,20H,7-13H2,1H3;1H/q+1;/p-1. The highest BCUT2D eigenvalue weighted by Crippen LogP contribution is 2.27. The monoisotopic (exact) mass is 341 g/mol. The molecule has 0 saturated carbocycles. The van der Waals surface area contributed by atoms with Crippen molar-refractivity contribution in [3.05, 3.63) is 35.9 Å². The van der Waals surface area contributed by atoms with Crippen molar-refractivity contribution in [2.75, 3.05) is 39.4 Å². The van der Waals surface area contributed by atoms with E-state index in [2.05, 4.69) is 0 Å². The lowest BCUT2D eigenvalue weighted by Crippen LogP contribution is -3.00. The summed E-state index contributed by atoms with van der Waals surface area (Å²) in [4.78, 5) is 12.4. The summed E-state index contributed by atoms with van der Waals surface area (Å²) in [7, 11) is 0. The molecule has 6 heteroatoms. The minimum atomic E-state index is -1.60. The number of esters is 1. The van der Waals surface area contributed by atoms with Crippen molar-refractivity contribution in [1.82, 2.24) is 0 Å². The molecule has 2 unspecified atom stereocenters. The largest absolute Gasteiger partial charge is 1.00 e. The molecule has 1 N–H and O–H groups in total. The molecule has 3 rings (SSSR count). The summed E-state index contributed by atoms with van der Waals surface area (Å²) in [6, 6.07) is 8.95. The SMILES string of the molecule is CC(O)(C(=O)OC1CC[N+]2(CCOCC2)C1)c1ccccc1.[Cl-].